The average Bonchev–Trinajstić information content (AvgIpc) is 2.63. The molecule has 0 radical (unpaired) electrons. The third-order valence-corrected chi connectivity index (χ3v) is 3.37. The molecular formula is C9H6BrN3S2. The molecule has 76 valence electrons. The molecule has 2 rings (SSSR count). The number of aromatic nitrogens is 2. The van der Waals surface area contributed by atoms with Crippen molar-refractivity contribution in [1.82, 2.24) is 10.2 Å². The van der Waals surface area contributed by atoms with E-state index < -0.39 is 0 Å². The van der Waals surface area contributed by atoms with Crippen LogP contribution >= 0.6 is 39.5 Å². The Balaban J connectivity index is 2.26. The number of hydrogen-bond donors (Lipinski definition) is 1. The van der Waals surface area contributed by atoms with Crippen LogP contribution in [0.15, 0.2) is 33.7 Å². The molecule has 1 heterocycles. The van der Waals surface area contributed by atoms with E-state index in [4.69, 9.17) is 12.2 Å². The first kappa shape index (κ1) is 10.7. The molecule has 0 unspecified atom stereocenters. The molecule has 6 heteroatoms. The quantitative estimate of drug-likeness (QED) is 0.678. The molecule has 2 aromatic rings. The van der Waals surface area contributed by atoms with E-state index in [1.54, 1.807) is 6.21 Å². The molecule has 0 aliphatic heterocycles. The molecule has 3 nitrogen and oxygen atoms in total. The number of hydrogen-bond acceptors (Lipinski definition) is 4. The van der Waals surface area contributed by atoms with E-state index in [2.05, 4.69) is 31.1 Å². The van der Waals surface area contributed by atoms with Gasteiger partial charge in [0.2, 0.25) is 5.13 Å². The van der Waals surface area contributed by atoms with Gasteiger partial charge in [0.1, 0.15) is 0 Å². The van der Waals surface area contributed by atoms with Crippen LogP contribution in [0.2, 0.25) is 0 Å². The molecular weight excluding hydrogens is 294 g/mol. The van der Waals surface area contributed by atoms with Crippen molar-refractivity contribution in [2.45, 2.75) is 0 Å². The topological polar surface area (TPSA) is 41.0 Å². The van der Waals surface area contributed by atoms with Crippen LogP contribution < -0.4 is 0 Å². The number of halogens is 1. The maximum atomic E-state index is 4.91. The second-order valence-corrected chi connectivity index (χ2v) is 5.17. The van der Waals surface area contributed by atoms with Crippen molar-refractivity contribution in [3.63, 3.8) is 0 Å². The highest BCUT2D eigenvalue weighted by molar-refractivity contribution is 9.10. The van der Waals surface area contributed by atoms with E-state index in [0.717, 1.165) is 10.0 Å². The summed E-state index contributed by atoms with van der Waals surface area (Å²) >= 11 is 9.69. The van der Waals surface area contributed by atoms with Gasteiger partial charge in [-0.1, -0.05) is 45.5 Å². The van der Waals surface area contributed by atoms with Crippen molar-refractivity contribution < 1.29 is 0 Å². The van der Waals surface area contributed by atoms with E-state index in [9.17, 15) is 0 Å². The van der Waals surface area contributed by atoms with Gasteiger partial charge in [-0.3, -0.25) is 5.10 Å². The zero-order valence-corrected chi connectivity index (χ0v) is 10.7. The van der Waals surface area contributed by atoms with Crippen LogP contribution in [0.4, 0.5) is 5.13 Å². The van der Waals surface area contributed by atoms with Crippen molar-refractivity contribution in [2.75, 3.05) is 0 Å². The van der Waals surface area contributed by atoms with E-state index in [-0.39, 0.29) is 0 Å². The van der Waals surface area contributed by atoms with Gasteiger partial charge in [0.25, 0.3) is 0 Å². The van der Waals surface area contributed by atoms with Gasteiger partial charge in [-0.05, 0) is 18.3 Å². The molecule has 0 atom stereocenters. The van der Waals surface area contributed by atoms with E-state index in [1.807, 2.05) is 24.3 Å². The molecule has 1 aromatic carbocycles. The second-order valence-electron chi connectivity index (χ2n) is 2.68. The lowest BCUT2D eigenvalue weighted by atomic mass is 10.2. The third kappa shape index (κ3) is 2.80. The van der Waals surface area contributed by atoms with Gasteiger partial charge in [-0.2, -0.15) is 0 Å². The molecule has 15 heavy (non-hydrogen) atoms. The van der Waals surface area contributed by atoms with Crippen LogP contribution in [-0.4, -0.2) is 16.4 Å². The largest absolute Gasteiger partial charge is 0.256 e. The fraction of sp³-hybridized carbons (Fsp3) is 0. The van der Waals surface area contributed by atoms with Gasteiger partial charge in [0.15, 0.2) is 3.95 Å². The highest BCUT2D eigenvalue weighted by Crippen LogP contribution is 2.17. The predicted molar refractivity (Wildman–Crippen MR) is 68.7 cm³/mol. The zero-order valence-electron chi connectivity index (χ0n) is 7.48. The predicted octanol–water partition coefficient (Wildman–Crippen LogP) is 3.71. The number of rotatable bonds is 2. The lowest BCUT2D eigenvalue weighted by Gasteiger charge is -1.94. The number of nitrogens with zero attached hydrogens (tertiary/aromatic N) is 2. The van der Waals surface area contributed by atoms with Crippen LogP contribution in [-0.2, 0) is 0 Å². The van der Waals surface area contributed by atoms with Gasteiger partial charge in [0.05, 0.1) is 0 Å². The van der Waals surface area contributed by atoms with Crippen LogP contribution in [0.25, 0.3) is 0 Å². The zero-order chi connectivity index (χ0) is 10.7. The molecule has 0 aliphatic carbocycles. The van der Waals surface area contributed by atoms with Crippen molar-refractivity contribution >= 4 is 50.8 Å². The number of aromatic amines is 1. The second kappa shape index (κ2) is 4.78. The molecule has 0 saturated carbocycles. The normalized spacial score (nSPS) is 11.0. The molecule has 0 amide bonds. The average molecular weight is 300 g/mol. The van der Waals surface area contributed by atoms with Crippen LogP contribution in [0.5, 0.6) is 0 Å². The molecule has 0 bridgehead atoms. The minimum atomic E-state index is 0.634. The lowest BCUT2D eigenvalue weighted by Crippen LogP contribution is -1.81. The first-order valence-electron chi connectivity index (χ1n) is 4.10. The Kier molecular flexibility index (Phi) is 3.40. The summed E-state index contributed by atoms with van der Waals surface area (Å²) in [6.45, 7) is 0. The van der Waals surface area contributed by atoms with Crippen molar-refractivity contribution in [3.05, 3.63) is 38.3 Å². The van der Waals surface area contributed by atoms with Crippen LogP contribution in [0.1, 0.15) is 5.56 Å². The summed E-state index contributed by atoms with van der Waals surface area (Å²) in [6.07, 6.45) is 1.76. The monoisotopic (exact) mass is 299 g/mol. The first-order valence-corrected chi connectivity index (χ1v) is 6.11. The van der Waals surface area contributed by atoms with E-state index in [0.29, 0.717) is 9.09 Å². The summed E-state index contributed by atoms with van der Waals surface area (Å²) in [5, 5.41) is 7.25. The Labute approximate surface area is 104 Å². The molecule has 0 fully saturated rings. The smallest absolute Gasteiger partial charge is 0.230 e. The standard InChI is InChI=1S/C9H6BrN3S2/c10-7-4-2-1-3-6(7)5-11-8-12-13-9(14)15-8/h1-5H,(H,13,14). The maximum Gasteiger partial charge on any atom is 0.230 e. The molecule has 1 aromatic heterocycles. The van der Waals surface area contributed by atoms with Crippen molar-refractivity contribution in [2.24, 2.45) is 4.99 Å². The van der Waals surface area contributed by atoms with Crippen molar-refractivity contribution in [3.8, 4) is 0 Å². The molecule has 1 N–H and O–H groups in total. The van der Waals surface area contributed by atoms with Gasteiger partial charge in [-0.25, -0.2) is 4.99 Å². The lowest BCUT2D eigenvalue weighted by molar-refractivity contribution is 1.07. The summed E-state index contributed by atoms with van der Waals surface area (Å²) in [5.41, 5.74) is 1.01. The Morgan fingerprint density at radius 2 is 2.27 bits per heavy atom. The fourth-order valence-corrected chi connectivity index (χ4v) is 2.09. The molecule has 0 saturated heterocycles. The van der Waals surface area contributed by atoms with Crippen LogP contribution in [0.3, 0.4) is 0 Å². The minimum absolute atomic E-state index is 0.634. The SMILES string of the molecule is S=c1[nH]nc(N=Cc2ccccc2Br)s1. The van der Waals surface area contributed by atoms with Gasteiger partial charge in [-0.15, -0.1) is 5.10 Å². The highest BCUT2D eigenvalue weighted by Gasteiger charge is 1.95. The first-order chi connectivity index (χ1) is 7.25. The fourth-order valence-electron chi connectivity index (χ4n) is 0.982. The summed E-state index contributed by atoms with van der Waals surface area (Å²) in [4.78, 5) is 4.21. The van der Waals surface area contributed by atoms with E-state index >= 15 is 0 Å². The maximum absolute atomic E-state index is 4.91. The van der Waals surface area contributed by atoms with E-state index in [1.165, 1.54) is 11.3 Å². The molecule has 0 aliphatic rings. The number of benzene rings is 1. The van der Waals surface area contributed by atoms with Gasteiger partial charge in [0, 0.05) is 16.3 Å². The third-order valence-electron chi connectivity index (χ3n) is 1.65. The van der Waals surface area contributed by atoms with Crippen LogP contribution in [0, 0.1) is 3.95 Å². The summed E-state index contributed by atoms with van der Waals surface area (Å²) in [6, 6.07) is 7.85. The Morgan fingerprint density at radius 1 is 1.47 bits per heavy atom. The number of aliphatic imine (C=N–C) groups is 1. The number of nitrogens with one attached hydrogen (secondary N) is 1. The summed E-state index contributed by atoms with van der Waals surface area (Å²) in [5.74, 6) is 0. The summed E-state index contributed by atoms with van der Waals surface area (Å²) in [7, 11) is 0. The van der Waals surface area contributed by atoms with Gasteiger partial charge < -0.3 is 0 Å². The molecule has 0 spiro atoms. The Bertz CT molecular complexity index is 544. The Hall–Kier alpha value is -0.850. The summed E-state index contributed by atoms with van der Waals surface area (Å²) < 4.78 is 1.64. The highest BCUT2D eigenvalue weighted by atomic mass is 79.9. The van der Waals surface area contributed by atoms with Crippen molar-refractivity contribution in [1.29, 1.82) is 0 Å². The Morgan fingerprint density at radius 3 is 2.93 bits per heavy atom. The minimum Gasteiger partial charge on any atom is -0.256 e. The number of H-pyrrole nitrogens is 1. The van der Waals surface area contributed by atoms with Gasteiger partial charge >= 0.3 is 0 Å².